The van der Waals surface area contributed by atoms with Crippen molar-refractivity contribution in [3.8, 4) is 0 Å². The molecular weight excluding hydrogens is 254 g/mol. The molecule has 0 aromatic carbocycles. The van der Waals surface area contributed by atoms with Gasteiger partial charge in [0.2, 0.25) is 5.91 Å². The summed E-state index contributed by atoms with van der Waals surface area (Å²) in [5, 5.41) is 11.8. The number of aliphatic carboxylic acids is 1. The van der Waals surface area contributed by atoms with Gasteiger partial charge >= 0.3 is 5.97 Å². The molecule has 0 aromatic rings. The van der Waals surface area contributed by atoms with E-state index < -0.39 is 5.97 Å². The van der Waals surface area contributed by atoms with Crippen LogP contribution in [-0.2, 0) is 9.59 Å². The molecule has 1 aliphatic carbocycles. The molecule has 1 rings (SSSR count). The van der Waals surface area contributed by atoms with Gasteiger partial charge in [-0.05, 0) is 24.7 Å². The third-order valence-electron chi connectivity index (χ3n) is 4.36. The van der Waals surface area contributed by atoms with Crippen molar-refractivity contribution >= 4 is 11.9 Å². The highest BCUT2D eigenvalue weighted by Gasteiger charge is 2.39. The maximum atomic E-state index is 11.7. The average molecular weight is 283 g/mol. The van der Waals surface area contributed by atoms with Crippen LogP contribution in [0.1, 0.15) is 77.6 Å². The lowest BCUT2D eigenvalue weighted by atomic mass is 9.66. The summed E-state index contributed by atoms with van der Waals surface area (Å²) in [6.45, 7) is 2.73. The van der Waals surface area contributed by atoms with Crippen molar-refractivity contribution in [3.05, 3.63) is 0 Å². The van der Waals surface area contributed by atoms with Crippen molar-refractivity contribution in [1.82, 2.24) is 5.32 Å². The van der Waals surface area contributed by atoms with Crippen LogP contribution >= 0.6 is 0 Å². The summed E-state index contributed by atoms with van der Waals surface area (Å²) >= 11 is 0. The third-order valence-corrected chi connectivity index (χ3v) is 4.36. The smallest absolute Gasteiger partial charge is 0.303 e. The molecule has 0 aliphatic heterocycles. The Morgan fingerprint density at radius 2 is 1.75 bits per heavy atom. The second kappa shape index (κ2) is 8.98. The zero-order chi connectivity index (χ0) is 14.8. The average Bonchev–Trinajstić information content (AvgIpc) is 2.36. The van der Waals surface area contributed by atoms with Crippen molar-refractivity contribution in [3.63, 3.8) is 0 Å². The third kappa shape index (κ3) is 6.40. The summed E-state index contributed by atoms with van der Waals surface area (Å²) in [7, 11) is 0. The molecule has 0 atom stereocenters. The van der Waals surface area contributed by atoms with E-state index in [-0.39, 0.29) is 17.7 Å². The van der Waals surface area contributed by atoms with Gasteiger partial charge in [-0.15, -0.1) is 0 Å². The lowest BCUT2D eigenvalue weighted by Gasteiger charge is -2.40. The van der Waals surface area contributed by atoms with E-state index >= 15 is 0 Å². The van der Waals surface area contributed by atoms with Crippen LogP contribution in [0, 0.1) is 5.41 Å². The minimum Gasteiger partial charge on any atom is -0.481 e. The Bertz CT molecular complexity index is 311. The number of carbonyl (C=O) groups is 2. The summed E-state index contributed by atoms with van der Waals surface area (Å²) in [5.74, 6) is -0.674. The Labute approximate surface area is 122 Å². The molecule has 1 amide bonds. The van der Waals surface area contributed by atoms with E-state index in [1.54, 1.807) is 0 Å². The van der Waals surface area contributed by atoms with Gasteiger partial charge in [0.15, 0.2) is 0 Å². The van der Waals surface area contributed by atoms with Crippen LogP contribution in [0.5, 0.6) is 0 Å². The molecule has 4 nitrogen and oxygen atoms in total. The van der Waals surface area contributed by atoms with Gasteiger partial charge in [0.25, 0.3) is 0 Å². The van der Waals surface area contributed by atoms with E-state index in [1.165, 1.54) is 25.7 Å². The van der Waals surface area contributed by atoms with Gasteiger partial charge in [-0.1, -0.05) is 45.4 Å². The molecule has 0 spiro atoms. The summed E-state index contributed by atoms with van der Waals surface area (Å²) < 4.78 is 0. The van der Waals surface area contributed by atoms with Crippen LogP contribution in [0.4, 0.5) is 0 Å². The molecule has 0 heterocycles. The SMILES string of the molecule is CCCCCCCCC(=O)NCC1(CC(=O)O)CCC1. The molecule has 116 valence electrons. The van der Waals surface area contributed by atoms with Crippen molar-refractivity contribution in [2.45, 2.75) is 77.6 Å². The van der Waals surface area contributed by atoms with Gasteiger partial charge in [0.1, 0.15) is 0 Å². The Balaban J connectivity index is 2.08. The standard InChI is InChI=1S/C16H29NO3/c1-2-3-4-5-6-7-9-14(18)17-13-16(10-8-11-16)12-15(19)20/h2-13H2,1H3,(H,17,18)(H,19,20). The predicted octanol–water partition coefficient (Wildman–Crippen LogP) is 3.50. The maximum Gasteiger partial charge on any atom is 0.303 e. The van der Waals surface area contributed by atoms with Gasteiger partial charge in [-0.3, -0.25) is 9.59 Å². The summed E-state index contributed by atoms with van der Waals surface area (Å²) in [6.07, 6.45) is 10.8. The fraction of sp³-hybridized carbons (Fsp3) is 0.875. The second-order valence-electron chi connectivity index (χ2n) is 6.22. The number of rotatable bonds is 11. The molecule has 0 unspecified atom stereocenters. The quantitative estimate of drug-likeness (QED) is 0.570. The van der Waals surface area contributed by atoms with Crippen LogP contribution in [0.25, 0.3) is 0 Å². The van der Waals surface area contributed by atoms with E-state index in [1.807, 2.05) is 0 Å². The molecule has 20 heavy (non-hydrogen) atoms. The number of unbranched alkanes of at least 4 members (excludes halogenated alkanes) is 5. The summed E-state index contributed by atoms with van der Waals surface area (Å²) in [6, 6.07) is 0. The second-order valence-corrected chi connectivity index (χ2v) is 6.22. The fourth-order valence-electron chi connectivity index (χ4n) is 2.85. The van der Waals surface area contributed by atoms with Gasteiger partial charge < -0.3 is 10.4 Å². The first-order valence-electron chi connectivity index (χ1n) is 8.06. The van der Waals surface area contributed by atoms with Crippen molar-refractivity contribution in [2.75, 3.05) is 6.54 Å². The van der Waals surface area contributed by atoms with Gasteiger partial charge in [0.05, 0.1) is 6.42 Å². The van der Waals surface area contributed by atoms with E-state index in [9.17, 15) is 9.59 Å². The molecule has 1 saturated carbocycles. The van der Waals surface area contributed by atoms with Crippen molar-refractivity contribution in [1.29, 1.82) is 0 Å². The highest BCUT2D eigenvalue weighted by Crippen LogP contribution is 2.43. The zero-order valence-corrected chi connectivity index (χ0v) is 12.7. The minimum atomic E-state index is -0.755. The topological polar surface area (TPSA) is 66.4 Å². The minimum absolute atomic E-state index is 0.0807. The van der Waals surface area contributed by atoms with Gasteiger partial charge in [-0.2, -0.15) is 0 Å². The number of hydrogen-bond donors (Lipinski definition) is 2. The van der Waals surface area contributed by atoms with E-state index in [0.717, 1.165) is 32.1 Å². The normalized spacial score (nSPS) is 16.4. The first-order chi connectivity index (χ1) is 9.58. The summed E-state index contributed by atoms with van der Waals surface area (Å²) in [5.41, 5.74) is -0.164. The van der Waals surface area contributed by atoms with Crippen LogP contribution < -0.4 is 5.32 Å². The lowest BCUT2D eigenvalue weighted by molar-refractivity contribution is -0.141. The number of nitrogens with one attached hydrogen (secondary N) is 1. The number of hydrogen-bond acceptors (Lipinski definition) is 2. The number of amides is 1. The van der Waals surface area contributed by atoms with E-state index in [4.69, 9.17) is 5.11 Å². The first kappa shape index (κ1) is 17.0. The Morgan fingerprint density at radius 1 is 1.10 bits per heavy atom. The molecule has 2 N–H and O–H groups in total. The van der Waals surface area contributed by atoms with Gasteiger partial charge in [-0.25, -0.2) is 0 Å². The molecule has 1 fully saturated rings. The lowest BCUT2D eigenvalue weighted by Crippen LogP contribution is -2.43. The van der Waals surface area contributed by atoms with Crippen LogP contribution in [0.15, 0.2) is 0 Å². The zero-order valence-electron chi connectivity index (χ0n) is 12.7. The molecule has 0 bridgehead atoms. The fourth-order valence-corrected chi connectivity index (χ4v) is 2.85. The predicted molar refractivity (Wildman–Crippen MR) is 79.5 cm³/mol. The molecule has 1 aliphatic rings. The van der Waals surface area contributed by atoms with Gasteiger partial charge in [0, 0.05) is 13.0 Å². The number of carboxylic acid groups (broad SMARTS) is 1. The molecule has 0 radical (unpaired) electrons. The Hall–Kier alpha value is -1.06. The van der Waals surface area contributed by atoms with Crippen molar-refractivity contribution in [2.24, 2.45) is 5.41 Å². The molecule has 0 aromatic heterocycles. The summed E-state index contributed by atoms with van der Waals surface area (Å²) in [4.78, 5) is 22.6. The highest BCUT2D eigenvalue weighted by atomic mass is 16.4. The molecular formula is C16H29NO3. The number of carboxylic acids is 1. The molecule has 4 heteroatoms. The van der Waals surface area contributed by atoms with Crippen molar-refractivity contribution < 1.29 is 14.7 Å². The first-order valence-corrected chi connectivity index (χ1v) is 8.06. The monoisotopic (exact) mass is 283 g/mol. The van der Waals surface area contributed by atoms with Crippen LogP contribution in [-0.4, -0.2) is 23.5 Å². The van der Waals surface area contributed by atoms with E-state index in [0.29, 0.717) is 13.0 Å². The largest absolute Gasteiger partial charge is 0.481 e. The Kier molecular flexibility index (Phi) is 7.63. The van der Waals surface area contributed by atoms with Crippen LogP contribution in [0.2, 0.25) is 0 Å². The maximum absolute atomic E-state index is 11.7. The number of carbonyl (C=O) groups excluding carboxylic acids is 1. The highest BCUT2D eigenvalue weighted by molar-refractivity contribution is 5.76. The van der Waals surface area contributed by atoms with E-state index in [2.05, 4.69) is 12.2 Å². The molecule has 0 saturated heterocycles. The van der Waals surface area contributed by atoms with Crippen LogP contribution in [0.3, 0.4) is 0 Å². The Morgan fingerprint density at radius 3 is 2.30 bits per heavy atom.